The van der Waals surface area contributed by atoms with Gasteiger partial charge in [-0.25, -0.2) is 4.98 Å². The fourth-order valence-corrected chi connectivity index (χ4v) is 4.09. The third-order valence-corrected chi connectivity index (χ3v) is 5.85. The summed E-state index contributed by atoms with van der Waals surface area (Å²) in [6.07, 6.45) is 7.77. The summed E-state index contributed by atoms with van der Waals surface area (Å²) in [6, 6.07) is 8.09. The summed E-state index contributed by atoms with van der Waals surface area (Å²) >= 11 is 1.60. The van der Waals surface area contributed by atoms with Crippen molar-refractivity contribution in [2.75, 3.05) is 5.32 Å². The SMILES string of the molecule is O=C[C@H]1CC[C@H](C(=O)Nc2cc3cc(-c4cncs4)ccc3cn2)CC1. The number of nitrogens with zero attached hydrogens (tertiary/aromatic N) is 2. The second kappa shape index (κ2) is 7.33. The van der Waals surface area contributed by atoms with Gasteiger partial charge in [0.15, 0.2) is 0 Å². The molecule has 0 aliphatic heterocycles. The first-order chi connectivity index (χ1) is 12.7. The molecule has 1 amide bonds. The van der Waals surface area contributed by atoms with Crippen molar-refractivity contribution in [1.29, 1.82) is 0 Å². The molecule has 0 atom stereocenters. The van der Waals surface area contributed by atoms with Gasteiger partial charge in [-0.1, -0.05) is 12.1 Å². The molecule has 1 saturated carbocycles. The highest BCUT2D eigenvalue weighted by Crippen LogP contribution is 2.30. The second-order valence-corrected chi connectivity index (χ2v) is 7.62. The molecule has 0 unspecified atom stereocenters. The number of fused-ring (bicyclic) bond motifs is 1. The van der Waals surface area contributed by atoms with Crippen molar-refractivity contribution in [1.82, 2.24) is 9.97 Å². The molecule has 3 aromatic rings. The molecule has 0 bridgehead atoms. The minimum atomic E-state index is -0.0350. The summed E-state index contributed by atoms with van der Waals surface area (Å²) in [7, 11) is 0. The first-order valence-corrected chi connectivity index (χ1v) is 9.66. The Morgan fingerprint density at radius 2 is 1.96 bits per heavy atom. The third-order valence-electron chi connectivity index (χ3n) is 5.02. The van der Waals surface area contributed by atoms with Crippen LogP contribution in [0.15, 0.2) is 42.2 Å². The fourth-order valence-electron chi connectivity index (χ4n) is 3.47. The average Bonchev–Trinajstić information content (AvgIpc) is 3.22. The zero-order valence-corrected chi connectivity index (χ0v) is 15.0. The summed E-state index contributed by atoms with van der Waals surface area (Å²) < 4.78 is 0. The minimum absolute atomic E-state index is 0.000176. The molecule has 0 saturated heterocycles. The lowest BCUT2D eigenvalue weighted by Gasteiger charge is -2.24. The number of hydrogen-bond donors (Lipinski definition) is 1. The van der Waals surface area contributed by atoms with Crippen LogP contribution in [0.2, 0.25) is 0 Å². The Labute approximate surface area is 155 Å². The zero-order chi connectivity index (χ0) is 17.9. The number of rotatable bonds is 4. The quantitative estimate of drug-likeness (QED) is 0.700. The van der Waals surface area contributed by atoms with Crippen molar-refractivity contribution in [3.05, 3.63) is 42.2 Å². The smallest absolute Gasteiger partial charge is 0.228 e. The molecule has 4 rings (SSSR count). The van der Waals surface area contributed by atoms with Gasteiger partial charge in [0, 0.05) is 29.6 Å². The van der Waals surface area contributed by atoms with Crippen LogP contribution in [-0.4, -0.2) is 22.2 Å². The number of carbonyl (C=O) groups excluding carboxylic acids is 2. The molecule has 132 valence electrons. The summed E-state index contributed by atoms with van der Waals surface area (Å²) in [5.74, 6) is 0.650. The van der Waals surface area contributed by atoms with Crippen LogP contribution in [0.1, 0.15) is 25.7 Å². The van der Waals surface area contributed by atoms with Crippen LogP contribution in [-0.2, 0) is 9.59 Å². The van der Waals surface area contributed by atoms with Crippen LogP contribution < -0.4 is 5.32 Å². The molecule has 1 aliphatic rings. The number of thiazole rings is 1. The van der Waals surface area contributed by atoms with Crippen LogP contribution in [0.4, 0.5) is 5.82 Å². The number of pyridine rings is 1. The number of carbonyl (C=O) groups is 2. The topological polar surface area (TPSA) is 72.0 Å². The van der Waals surface area contributed by atoms with Crippen LogP contribution in [0.25, 0.3) is 21.2 Å². The van der Waals surface area contributed by atoms with Gasteiger partial charge in [0.1, 0.15) is 12.1 Å². The molecular formula is C20H19N3O2S. The minimum Gasteiger partial charge on any atom is -0.310 e. The van der Waals surface area contributed by atoms with Crippen molar-refractivity contribution in [3.63, 3.8) is 0 Å². The molecule has 1 aromatic carbocycles. The van der Waals surface area contributed by atoms with Crippen LogP contribution in [0.5, 0.6) is 0 Å². The summed E-state index contributed by atoms with van der Waals surface area (Å²) in [5, 5.41) is 5.01. The first kappa shape index (κ1) is 16.8. The van der Waals surface area contributed by atoms with Crippen molar-refractivity contribution < 1.29 is 9.59 Å². The average molecular weight is 365 g/mol. The largest absolute Gasteiger partial charge is 0.310 e. The number of aromatic nitrogens is 2. The highest BCUT2D eigenvalue weighted by Gasteiger charge is 2.26. The fraction of sp³-hybridized carbons (Fsp3) is 0.300. The maximum absolute atomic E-state index is 12.5. The Kier molecular flexibility index (Phi) is 4.75. The molecule has 1 N–H and O–H groups in total. The van der Waals surface area contributed by atoms with E-state index in [2.05, 4.69) is 27.4 Å². The lowest BCUT2D eigenvalue weighted by atomic mass is 9.82. The van der Waals surface area contributed by atoms with Gasteiger partial charge in [-0.2, -0.15) is 0 Å². The molecule has 2 aromatic heterocycles. The van der Waals surface area contributed by atoms with Crippen molar-refractivity contribution in [3.8, 4) is 10.4 Å². The molecule has 2 heterocycles. The number of hydrogen-bond acceptors (Lipinski definition) is 5. The lowest BCUT2D eigenvalue weighted by molar-refractivity contribution is -0.122. The standard InChI is InChI=1S/C20H19N3O2S/c24-11-13-1-3-14(4-2-13)20(25)23-19-8-17-7-15(18-10-21-12-26-18)5-6-16(17)9-22-19/h5-14H,1-4H2,(H,22,23,25)/t13-,14-. The Morgan fingerprint density at radius 3 is 2.69 bits per heavy atom. The zero-order valence-electron chi connectivity index (χ0n) is 14.2. The van der Waals surface area contributed by atoms with Gasteiger partial charge in [-0.15, -0.1) is 11.3 Å². The predicted octanol–water partition coefficient (Wildman–Crippen LogP) is 4.30. The van der Waals surface area contributed by atoms with E-state index < -0.39 is 0 Å². The Bertz CT molecular complexity index is 931. The Balaban J connectivity index is 1.51. The molecule has 0 radical (unpaired) electrons. The van der Waals surface area contributed by atoms with Crippen molar-refractivity contribution >= 4 is 40.1 Å². The van der Waals surface area contributed by atoms with Gasteiger partial charge in [-0.3, -0.25) is 9.78 Å². The van der Waals surface area contributed by atoms with Crippen LogP contribution >= 0.6 is 11.3 Å². The van der Waals surface area contributed by atoms with Gasteiger partial charge in [0.25, 0.3) is 0 Å². The molecule has 5 nitrogen and oxygen atoms in total. The normalized spacial score (nSPS) is 20.0. The van der Waals surface area contributed by atoms with E-state index in [0.29, 0.717) is 5.82 Å². The van der Waals surface area contributed by atoms with Crippen molar-refractivity contribution in [2.24, 2.45) is 11.8 Å². The monoisotopic (exact) mass is 365 g/mol. The van der Waals surface area contributed by atoms with E-state index in [0.717, 1.165) is 53.2 Å². The van der Waals surface area contributed by atoms with E-state index in [4.69, 9.17) is 0 Å². The van der Waals surface area contributed by atoms with E-state index in [1.165, 1.54) is 0 Å². The molecule has 26 heavy (non-hydrogen) atoms. The molecule has 1 aliphatic carbocycles. The van der Waals surface area contributed by atoms with Crippen molar-refractivity contribution in [2.45, 2.75) is 25.7 Å². The summed E-state index contributed by atoms with van der Waals surface area (Å²) in [5.41, 5.74) is 2.92. The third kappa shape index (κ3) is 3.51. The molecule has 0 spiro atoms. The van der Waals surface area contributed by atoms with Gasteiger partial charge in [0.05, 0.1) is 10.4 Å². The summed E-state index contributed by atoms with van der Waals surface area (Å²) in [6.45, 7) is 0. The molecular weight excluding hydrogens is 346 g/mol. The maximum atomic E-state index is 12.5. The van der Waals surface area contributed by atoms with Gasteiger partial charge < -0.3 is 10.1 Å². The number of nitrogens with one attached hydrogen (secondary N) is 1. The van der Waals surface area contributed by atoms with Gasteiger partial charge >= 0.3 is 0 Å². The summed E-state index contributed by atoms with van der Waals surface area (Å²) in [4.78, 5) is 33.0. The Hall–Kier alpha value is -2.60. The maximum Gasteiger partial charge on any atom is 0.228 e. The number of benzene rings is 1. The highest BCUT2D eigenvalue weighted by molar-refractivity contribution is 7.13. The van der Waals surface area contributed by atoms with E-state index in [1.54, 1.807) is 17.5 Å². The van der Waals surface area contributed by atoms with E-state index in [9.17, 15) is 9.59 Å². The lowest BCUT2D eigenvalue weighted by Crippen LogP contribution is -2.27. The van der Waals surface area contributed by atoms with Gasteiger partial charge in [-0.05, 0) is 48.8 Å². The number of aldehydes is 1. The first-order valence-electron chi connectivity index (χ1n) is 8.78. The van der Waals surface area contributed by atoms with E-state index in [1.807, 2.05) is 23.8 Å². The Morgan fingerprint density at radius 1 is 1.12 bits per heavy atom. The second-order valence-electron chi connectivity index (χ2n) is 6.73. The van der Waals surface area contributed by atoms with Crippen LogP contribution in [0.3, 0.4) is 0 Å². The number of anilines is 1. The van der Waals surface area contributed by atoms with E-state index >= 15 is 0 Å². The number of amides is 1. The molecule has 1 fully saturated rings. The van der Waals surface area contributed by atoms with Gasteiger partial charge in [0.2, 0.25) is 5.91 Å². The van der Waals surface area contributed by atoms with E-state index in [-0.39, 0.29) is 17.7 Å². The van der Waals surface area contributed by atoms with Crippen LogP contribution in [0, 0.1) is 11.8 Å². The highest BCUT2D eigenvalue weighted by atomic mass is 32.1. The predicted molar refractivity (Wildman–Crippen MR) is 103 cm³/mol. The molecule has 6 heteroatoms.